The number of nitrogens with one attached hydrogen (secondary N) is 1. The van der Waals surface area contributed by atoms with E-state index in [1.165, 1.54) is 0 Å². The molecular weight excluding hydrogens is 342 g/mol. The van der Waals surface area contributed by atoms with Gasteiger partial charge in [0.15, 0.2) is 0 Å². The third kappa shape index (κ3) is 3.77. The van der Waals surface area contributed by atoms with Gasteiger partial charge in [-0.25, -0.2) is 9.97 Å². The van der Waals surface area contributed by atoms with Crippen LogP contribution in [0.3, 0.4) is 0 Å². The van der Waals surface area contributed by atoms with Gasteiger partial charge >= 0.3 is 0 Å². The first-order chi connectivity index (χ1) is 9.45. The number of anilines is 1. The number of carbonyl (C=O) groups is 1. The summed E-state index contributed by atoms with van der Waals surface area (Å²) in [7, 11) is 0. The second-order valence-electron chi connectivity index (χ2n) is 4.57. The van der Waals surface area contributed by atoms with Crippen LogP contribution in [0.15, 0.2) is 34.9 Å². The van der Waals surface area contributed by atoms with Crippen LogP contribution < -0.4 is 5.32 Å². The molecule has 0 bridgehead atoms. The average Bonchev–Trinajstić information content (AvgIpc) is 2.40. The molecule has 1 N–H and O–H groups in total. The summed E-state index contributed by atoms with van der Waals surface area (Å²) < 4.78 is 0.851. The monoisotopic (exact) mass is 353 g/mol. The van der Waals surface area contributed by atoms with E-state index in [-0.39, 0.29) is 11.8 Å². The first-order valence-corrected chi connectivity index (χ1v) is 7.23. The van der Waals surface area contributed by atoms with E-state index in [1.807, 2.05) is 19.9 Å². The minimum atomic E-state index is -0.258. The fraction of sp³-hybridized carbons (Fsp3) is 0.214. The Bertz CT molecular complexity index is 629. The maximum atomic E-state index is 12.2. The molecule has 2 heterocycles. The highest BCUT2D eigenvalue weighted by Gasteiger charge is 2.12. The number of halogens is 2. The first kappa shape index (κ1) is 14.9. The number of hydrogen-bond acceptors (Lipinski definition) is 3. The number of hydrogen-bond donors (Lipinski definition) is 1. The Morgan fingerprint density at radius 1 is 1.35 bits per heavy atom. The molecule has 1 amide bonds. The van der Waals surface area contributed by atoms with Gasteiger partial charge in [-0.3, -0.25) is 4.79 Å². The van der Waals surface area contributed by atoms with Gasteiger partial charge in [-0.1, -0.05) is 25.4 Å². The number of rotatable bonds is 3. The van der Waals surface area contributed by atoms with E-state index in [9.17, 15) is 4.79 Å². The van der Waals surface area contributed by atoms with Gasteiger partial charge in [-0.15, -0.1) is 0 Å². The van der Waals surface area contributed by atoms with E-state index in [0.717, 1.165) is 10.2 Å². The van der Waals surface area contributed by atoms with Gasteiger partial charge in [0, 0.05) is 21.9 Å². The number of amides is 1. The molecule has 104 valence electrons. The van der Waals surface area contributed by atoms with Gasteiger partial charge in [-0.2, -0.15) is 0 Å². The molecule has 2 rings (SSSR count). The molecule has 6 heteroatoms. The lowest BCUT2D eigenvalue weighted by molar-refractivity contribution is 0.102. The van der Waals surface area contributed by atoms with E-state index in [2.05, 4.69) is 31.2 Å². The van der Waals surface area contributed by atoms with E-state index in [4.69, 9.17) is 11.6 Å². The van der Waals surface area contributed by atoms with Gasteiger partial charge in [0.25, 0.3) is 5.91 Å². The second-order valence-corrected chi connectivity index (χ2v) is 5.88. The Balaban J connectivity index is 2.22. The molecule has 4 nitrogen and oxygen atoms in total. The first-order valence-electron chi connectivity index (χ1n) is 6.06. The van der Waals surface area contributed by atoms with Gasteiger partial charge in [0.05, 0.1) is 0 Å². The summed E-state index contributed by atoms with van der Waals surface area (Å²) in [4.78, 5) is 20.5. The summed E-state index contributed by atoms with van der Waals surface area (Å²) in [6.45, 7) is 3.99. The Labute approximate surface area is 130 Å². The normalized spacial score (nSPS) is 10.7. The molecule has 0 aliphatic rings. The lowest BCUT2D eigenvalue weighted by Gasteiger charge is -2.09. The molecule has 0 aliphatic heterocycles. The summed E-state index contributed by atoms with van der Waals surface area (Å²) >= 11 is 9.24. The predicted molar refractivity (Wildman–Crippen MR) is 83.2 cm³/mol. The molecule has 0 spiro atoms. The van der Waals surface area contributed by atoms with Crippen molar-refractivity contribution in [1.29, 1.82) is 0 Å². The highest BCUT2D eigenvalue weighted by Crippen LogP contribution is 2.19. The molecule has 2 aromatic rings. The van der Waals surface area contributed by atoms with Crippen LogP contribution in [0.5, 0.6) is 0 Å². The Kier molecular flexibility index (Phi) is 4.73. The zero-order valence-electron chi connectivity index (χ0n) is 11.0. The molecular formula is C14H13BrClN3O. The van der Waals surface area contributed by atoms with Crippen LogP contribution in [0.25, 0.3) is 0 Å². The minimum absolute atomic E-state index is 0.200. The SMILES string of the molecule is CC(C)c1cc(C(=O)Nc2ccc(Br)cn2)cc(Cl)n1. The Morgan fingerprint density at radius 3 is 2.70 bits per heavy atom. The van der Waals surface area contributed by atoms with Crippen molar-refractivity contribution in [1.82, 2.24) is 9.97 Å². The molecule has 0 saturated heterocycles. The standard InChI is InChI=1S/C14H13BrClN3O/c1-8(2)11-5-9(6-12(16)18-11)14(20)19-13-4-3-10(15)7-17-13/h3-8H,1-2H3,(H,17,19,20). The summed E-state index contributed by atoms with van der Waals surface area (Å²) in [5.74, 6) is 0.425. The van der Waals surface area contributed by atoms with Crippen molar-refractivity contribution in [3.63, 3.8) is 0 Å². The van der Waals surface area contributed by atoms with Crippen LogP contribution >= 0.6 is 27.5 Å². The third-order valence-corrected chi connectivity index (χ3v) is 3.30. The maximum Gasteiger partial charge on any atom is 0.256 e. The zero-order valence-corrected chi connectivity index (χ0v) is 13.4. The van der Waals surface area contributed by atoms with Crippen LogP contribution in [-0.4, -0.2) is 15.9 Å². The van der Waals surface area contributed by atoms with Crippen LogP contribution in [0.2, 0.25) is 5.15 Å². The van der Waals surface area contributed by atoms with Gasteiger partial charge in [-0.05, 0) is 46.1 Å². The summed E-state index contributed by atoms with van der Waals surface area (Å²) in [5.41, 5.74) is 1.25. The van der Waals surface area contributed by atoms with E-state index in [1.54, 1.807) is 24.4 Å². The quantitative estimate of drug-likeness (QED) is 0.838. The lowest BCUT2D eigenvalue weighted by atomic mass is 10.1. The van der Waals surface area contributed by atoms with Crippen molar-refractivity contribution in [2.75, 3.05) is 5.32 Å². The van der Waals surface area contributed by atoms with E-state index >= 15 is 0 Å². The van der Waals surface area contributed by atoms with Gasteiger partial charge in [0.1, 0.15) is 11.0 Å². The molecule has 2 aromatic heterocycles. The van der Waals surface area contributed by atoms with Gasteiger partial charge in [0.2, 0.25) is 0 Å². The fourth-order valence-electron chi connectivity index (χ4n) is 1.58. The van der Waals surface area contributed by atoms with Crippen molar-refractivity contribution >= 4 is 39.3 Å². The molecule has 0 aromatic carbocycles. The topological polar surface area (TPSA) is 54.9 Å². The van der Waals surface area contributed by atoms with E-state index < -0.39 is 0 Å². The Hall–Kier alpha value is -1.46. The molecule has 0 unspecified atom stereocenters. The predicted octanol–water partition coefficient (Wildman–Crippen LogP) is 4.27. The number of pyridine rings is 2. The molecule has 0 fully saturated rings. The van der Waals surface area contributed by atoms with Crippen LogP contribution in [-0.2, 0) is 0 Å². The maximum absolute atomic E-state index is 12.2. The largest absolute Gasteiger partial charge is 0.307 e. The zero-order chi connectivity index (χ0) is 14.7. The van der Waals surface area contributed by atoms with Crippen molar-refractivity contribution < 1.29 is 4.79 Å². The summed E-state index contributed by atoms with van der Waals surface area (Å²) in [6.07, 6.45) is 1.62. The molecule has 20 heavy (non-hydrogen) atoms. The summed E-state index contributed by atoms with van der Waals surface area (Å²) in [5, 5.41) is 3.03. The lowest BCUT2D eigenvalue weighted by Crippen LogP contribution is -2.14. The highest BCUT2D eigenvalue weighted by atomic mass is 79.9. The van der Waals surface area contributed by atoms with Crippen molar-refractivity contribution in [2.45, 2.75) is 19.8 Å². The smallest absolute Gasteiger partial charge is 0.256 e. The highest BCUT2D eigenvalue weighted by molar-refractivity contribution is 9.10. The number of carbonyl (C=O) groups excluding carboxylic acids is 1. The van der Waals surface area contributed by atoms with Gasteiger partial charge < -0.3 is 5.32 Å². The van der Waals surface area contributed by atoms with Crippen molar-refractivity contribution in [2.24, 2.45) is 0 Å². The fourth-order valence-corrected chi connectivity index (χ4v) is 2.03. The minimum Gasteiger partial charge on any atom is -0.307 e. The molecule has 0 saturated carbocycles. The van der Waals surface area contributed by atoms with Crippen LogP contribution in [0.4, 0.5) is 5.82 Å². The second kappa shape index (κ2) is 6.33. The molecule has 0 atom stereocenters. The van der Waals surface area contributed by atoms with Crippen molar-refractivity contribution in [3.05, 3.63) is 51.3 Å². The van der Waals surface area contributed by atoms with Crippen LogP contribution in [0, 0.1) is 0 Å². The van der Waals surface area contributed by atoms with E-state index in [0.29, 0.717) is 16.5 Å². The molecule has 0 aliphatic carbocycles. The number of nitrogens with zero attached hydrogens (tertiary/aromatic N) is 2. The Morgan fingerprint density at radius 2 is 2.10 bits per heavy atom. The molecule has 0 radical (unpaired) electrons. The third-order valence-electron chi connectivity index (χ3n) is 2.64. The number of aromatic nitrogens is 2. The summed E-state index contributed by atoms with van der Waals surface area (Å²) in [6, 6.07) is 6.81. The van der Waals surface area contributed by atoms with Crippen LogP contribution in [0.1, 0.15) is 35.8 Å². The average molecular weight is 355 g/mol. The van der Waals surface area contributed by atoms with Crippen molar-refractivity contribution in [3.8, 4) is 0 Å².